The van der Waals surface area contributed by atoms with Gasteiger partial charge in [-0.2, -0.15) is 0 Å². The van der Waals surface area contributed by atoms with Crippen molar-refractivity contribution in [2.45, 2.75) is 41.5 Å². The van der Waals surface area contributed by atoms with E-state index in [0.717, 1.165) is 47.2 Å². The standard InChI is InChI=1S/C26H26N4.3C2H6/c1-3-7-23(8-4-1)29-25-15-11-21(12-16-25)27-19-20-28-22-13-17-26(18-14-22)30-24-9-5-2-6-10-24;3*1-2/h1-18,27-30H,19-20H2;3*1-2H3. The van der Waals surface area contributed by atoms with E-state index < -0.39 is 0 Å². The van der Waals surface area contributed by atoms with E-state index >= 15 is 0 Å². The number of nitrogens with one attached hydrogen (secondary N) is 4. The molecule has 0 aromatic heterocycles. The van der Waals surface area contributed by atoms with Gasteiger partial charge in [0.05, 0.1) is 0 Å². The summed E-state index contributed by atoms with van der Waals surface area (Å²) in [6, 6.07) is 37.1. The normalized spacial score (nSPS) is 9.06. The van der Waals surface area contributed by atoms with E-state index in [-0.39, 0.29) is 0 Å². The van der Waals surface area contributed by atoms with E-state index in [0.29, 0.717) is 0 Å². The lowest BCUT2D eigenvalue weighted by Crippen LogP contribution is -2.13. The topological polar surface area (TPSA) is 48.1 Å². The molecule has 0 unspecified atom stereocenters. The van der Waals surface area contributed by atoms with Crippen molar-refractivity contribution in [2.75, 3.05) is 34.4 Å². The quantitative estimate of drug-likeness (QED) is 0.179. The molecule has 4 aromatic carbocycles. The molecule has 4 nitrogen and oxygen atoms in total. The molecule has 192 valence electrons. The molecule has 0 heterocycles. The zero-order valence-electron chi connectivity index (χ0n) is 22.8. The molecule has 0 aliphatic heterocycles. The summed E-state index contributed by atoms with van der Waals surface area (Å²) in [4.78, 5) is 0. The molecule has 4 N–H and O–H groups in total. The van der Waals surface area contributed by atoms with Gasteiger partial charge < -0.3 is 21.3 Å². The van der Waals surface area contributed by atoms with Crippen LogP contribution in [-0.4, -0.2) is 13.1 Å². The predicted octanol–water partition coefficient (Wildman–Crippen LogP) is 9.78. The summed E-state index contributed by atoms with van der Waals surface area (Å²) in [5, 5.41) is 13.7. The maximum Gasteiger partial charge on any atom is 0.0385 e. The smallest absolute Gasteiger partial charge is 0.0385 e. The van der Waals surface area contributed by atoms with Crippen LogP contribution in [0.5, 0.6) is 0 Å². The Balaban J connectivity index is 0.00000101. The lowest BCUT2D eigenvalue weighted by atomic mass is 10.2. The van der Waals surface area contributed by atoms with Gasteiger partial charge in [-0.3, -0.25) is 0 Å². The average molecular weight is 485 g/mol. The number of rotatable bonds is 9. The van der Waals surface area contributed by atoms with Crippen LogP contribution in [0.1, 0.15) is 41.5 Å². The van der Waals surface area contributed by atoms with Gasteiger partial charge in [-0.1, -0.05) is 77.9 Å². The minimum Gasteiger partial charge on any atom is -0.383 e. The number of benzene rings is 4. The third-order valence-electron chi connectivity index (χ3n) is 4.68. The molecule has 36 heavy (non-hydrogen) atoms. The summed E-state index contributed by atoms with van der Waals surface area (Å²) in [5.41, 5.74) is 6.55. The van der Waals surface area contributed by atoms with Gasteiger partial charge in [-0.15, -0.1) is 0 Å². The molecule has 0 aliphatic carbocycles. The molecule has 4 aromatic rings. The fourth-order valence-corrected chi connectivity index (χ4v) is 3.13. The molecular formula is C32H44N4. The summed E-state index contributed by atoms with van der Waals surface area (Å²) in [6.45, 7) is 13.7. The van der Waals surface area contributed by atoms with E-state index in [2.05, 4.69) is 94.1 Å². The Morgan fingerprint density at radius 1 is 0.333 bits per heavy atom. The Bertz CT molecular complexity index is 928. The molecule has 4 heteroatoms. The van der Waals surface area contributed by atoms with Crippen molar-refractivity contribution in [1.82, 2.24) is 0 Å². The number of hydrogen-bond donors (Lipinski definition) is 4. The van der Waals surface area contributed by atoms with Crippen molar-refractivity contribution in [1.29, 1.82) is 0 Å². The van der Waals surface area contributed by atoms with Crippen molar-refractivity contribution >= 4 is 34.1 Å². The van der Waals surface area contributed by atoms with Crippen LogP contribution in [0.4, 0.5) is 34.1 Å². The van der Waals surface area contributed by atoms with E-state index in [1.807, 2.05) is 77.9 Å². The third kappa shape index (κ3) is 11.5. The zero-order valence-corrected chi connectivity index (χ0v) is 22.8. The SMILES string of the molecule is CC.CC.CC.c1ccc(Nc2ccc(NCCNc3ccc(Nc4ccccc4)cc3)cc2)cc1. The van der Waals surface area contributed by atoms with E-state index in [9.17, 15) is 0 Å². The maximum atomic E-state index is 3.45. The fraction of sp³-hybridized carbons (Fsp3) is 0.250. The lowest BCUT2D eigenvalue weighted by molar-refractivity contribution is 1.08. The third-order valence-corrected chi connectivity index (χ3v) is 4.68. The van der Waals surface area contributed by atoms with Crippen LogP contribution in [0.25, 0.3) is 0 Å². The monoisotopic (exact) mass is 484 g/mol. The first-order valence-electron chi connectivity index (χ1n) is 13.2. The second-order valence-electron chi connectivity index (χ2n) is 6.99. The molecule has 0 amide bonds. The molecule has 0 bridgehead atoms. The Hall–Kier alpha value is -3.92. The van der Waals surface area contributed by atoms with Crippen LogP contribution < -0.4 is 21.3 Å². The van der Waals surface area contributed by atoms with Gasteiger partial charge in [-0.25, -0.2) is 0 Å². The first-order chi connectivity index (χ1) is 17.8. The van der Waals surface area contributed by atoms with Crippen LogP contribution in [0.2, 0.25) is 0 Å². The van der Waals surface area contributed by atoms with Crippen molar-refractivity contribution < 1.29 is 0 Å². The molecule has 0 spiro atoms. The average Bonchev–Trinajstić information content (AvgIpc) is 2.97. The van der Waals surface area contributed by atoms with E-state index in [1.54, 1.807) is 0 Å². The highest BCUT2D eigenvalue weighted by Crippen LogP contribution is 2.20. The highest BCUT2D eigenvalue weighted by molar-refractivity contribution is 5.63. The van der Waals surface area contributed by atoms with Gasteiger partial charge in [0.2, 0.25) is 0 Å². The number of anilines is 6. The van der Waals surface area contributed by atoms with Gasteiger partial charge in [0.25, 0.3) is 0 Å². The van der Waals surface area contributed by atoms with Crippen LogP contribution in [0.3, 0.4) is 0 Å². The Kier molecular flexibility index (Phi) is 16.2. The number of hydrogen-bond acceptors (Lipinski definition) is 4. The maximum absolute atomic E-state index is 3.45. The van der Waals surface area contributed by atoms with Crippen LogP contribution >= 0.6 is 0 Å². The zero-order chi connectivity index (χ0) is 26.4. The molecule has 0 fully saturated rings. The second kappa shape index (κ2) is 19.4. The largest absolute Gasteiger partial charge is 0.383 e. The highest BCUT2D eigenvalue weighted by Gasteiger charge is 1.97. The summed E-state index contributed by atoms with van der Waals surface area (Å²) >= 11 is 0. The lowest BCUT2D eigenvalue weighted by Gasteiger charge is -2.11. The Morgan fingerprint density at radius 2 is 0.583 bits per heavy atom. The van der Waals surface area contributed by atoms with Gasteiger partial charge in [-0.05, 0) is 72.8 Å². The van der Waals surface area contributed by atoms with Gasteiger partial charge in [0, 0.05) is 47.2 Å². The van der Waals surface area contributed by atoms with Gasteiger partial charge in [0.15, 0.2) is 0 Å². The minimum atomic E-state index is 0.843. The first-order valence-corrected chi connectivity index (χ1v) is 13.2. The van der Waals surface area contributed by atoms with Crippen molar-refractivity contribution in [3.8, 4) is 0 Å². The predicted molar refractivity (Wildman–Crippen MR) is 163 cm³/mol. The summed E-state index contributed by atoms with van der Waals surface area (Å²) in [5.74, 6) is 0. The molecule has 4 rings (SSSR count). The summed E-state index contributed by atoms with van der Waals surface area (Å²) in [6.07, 6.45) is 0. The van der Waals surface area contributed by atoms with E-state index in [1.165, 1.54) is 0 Å². The highest BCUT2D eigenvalue weighted by atomic mass is 14.9. The van der Waals surface area contributed by atoms with E-state index in [4.69, 9.17) is 0 Å². The van der Waals surface area contributed by atoms with Crippen LogP contribution in [0, 0.1) is 0 Å². The van der Waals surface area contributed by atoms with Crippen molar-refractivity contribution in [3.63, 3.8) is 0 Å². The van der Waals surface area contributed by atoms with Gasteiger partial charge >= 0.3 is 0 Å². The van der Waals surface area contributed by atoms with Gasteiger partial charge in [0.1, 0.15) is 0 Å². The Morgan fingerprint density at radius 3 is 0.889 bits per heavy atom. The number of para-hydroxylation sites is 2. The Labute approximate surface area is 219 Å². The van der Waals surface area contributed by atoms with Crippen LogP contribution in [-0.2, 0) is 0 Å². The second-order valence-corrected chi connectivity index (χ2v) is 6.99. The van der Waals surface area contributed by atoms with Crippen molar-refractivity contribution in [3.05, 3.63) is 109 Å². The molecule has 0 saturated carbocycles. The fourth-order valence-electron chi connectivity index (χ4n) is 3.13. The minimum absolute atomic E-state index is 0.843. The summed E-state index contributed by atoms with van der Waals surface area (Å²) < 4.78 is 0. The molecule has 0 atom stereocenters. The first kappa shape index (κ1) is 30.1. The van der Waals surface area contributed by atoms with Crippen molar-refractivity contribution in [2.24, 2.45) is 0 Å². The van der Waals surface area contributed by atoms with Crippen LogP contribution in [0.15, 0.2) is 109 Å². The molecule has 0 radical (unpaired) electrons. The molecule has 0 aliphatic rings. The molecular weight excluding hydrogens is 440 g/mol. The molecule has 0 saturated heterocycles. The summed E-state index contributed by atoms with van der Waals surface area (Å²) in [7, 11) is 0.